The van der Waals surface area contributed by atoms with E-state index in [1.165, 1.54) is 6.08 Å². The Kier molecular flexibility index (Phi) is 5.31. The largest absolute Gasteiger partial charge is 0.480 e. The summed E-state index contributed by atoms with van der Waals surface area (Å²) in [5.41, 5.74) is 0.880. The van der Waals surface area contributed by atoms with Crippen molar-refractivity contribution in [2.24, 2.45) is 0 Å². The van der Waals surface area contributed by atoms with Crippen molar-refractivity contribution >= 4 is 22.6 Å². The molecule has 0 saturated carbocycles. The Morgan fingerprint density at radius 3 is 2.59 bits per heavy atom. The molecular formula is C18H19NO3. The predicted octanol–water partition coefficient (Wildman–Crippen LogP) is 2.92. The van der Waals surface area contributed by atoms with E-state index >= 15 is 0 Å². The van der Waals surface area contributed by atoms with Crippen molar-refractivity contribution in [1.82, 2.24) is 5.32 Å². The smallest absolute Gasteiger partial charge is 0.326 e. The van der Waals surface area contributed by atoms with Crippen molar-refractivity contribution in [3.63, 3.8) is 0 Å². The summed E-state index contributed by atoms with van der Waals surface area (Å²) in [4.78, 5) is 23.0. The van der Waals surface area contributed by atoms with E-state index in [0.29, 0.717) is 0 Å². The summed E-state index contributed by atoms with van der Waals surface area (Å²) >= 11 is 0. The van der Waals surface area contributed by atoms with Gasteiger partial charge in [0.15, 0.2) is 0 Å². The van der Waals surface area contributed by atoms with Crippen molar-refractivity contribution < 1.29 is 14.7 Å². The number of allylic oxidation sites excluding steroid dienone is 1. The molecule has 2 aromatic rings. The van der Waals surface area contributed by atoms with Crippen molar-refractivity contribution in [3.8, 4) is 0 Å². The molecule has 0 heterocycles. The zero-order chi connectivity index (χ0) is 15.9. The second-order valence-corrected chi connectivity index (χ2v) is 5.10. The molecule has 114 valence electrons. The first-order valence-electron chi connectivity index (χ1n) is 7.27. The summed E-state index contributed by atoms with van der Waals surface area (Å²) in [6.45, 7) is 1.91. The Morgan fingerprint density at radius 1 is 1.18 bits per heavy atom. The highest BCUT2D eigenvalue weighted by atomic mass is 16.4. The average Bonchev–Trinajstić information content (AvgIpc) is 2.52. The van der Waals surface area contributed by atoms with Gasteiger partial charge in [-0.3, -0.25) is 4.79 Å². The SMILES string of the molecule is CCC=CC(=O)NC(Cc1ccc2ccccc2c1)C(=O)O. The van der Waals surface area contributed by atoms with E-state index in [4.69, 9.17) is 0 Å². The van der Waals surface area contributed by atoms with Crippen LogP contribution in [0.2, 0.25) is 0 Å². The molecule has 2 N–H and O–H groups in total. The lowest BCUT2D eigenvalue weighted by Crippen LogP contribution is -2.41. The van der Waals surface area contributed by atoms with Crippen LogP contribution in [0.5, 0.6) is 0 Å². The first-order chi connectivity index (χ1) is 10.6. The summed E-state index contributed by atoms with van der Waals surface area (Å²) < 4.78 is 0. The van der Waals surface area contributed by atoms with Crippen LogP contribution in [0.4, 0.5) is 0 Å². The fraction of sp³-hybridized carbons (Fsp3) is 0.222. The number of carbonyl (C=O) groups excluding carboxylic acids is 1. The summed E-state index contributed by atoms with van der Waals surface area (Å²) in [6, 6.07) is 12.8. The molecule has 2 rings (SSSR count). The molecule has 1 atom stereocenters. The van der Waals surface area contributed by atoms with Gasteiger partial charge in [0.1, 0.15) is 6.04 Å². The molecule has 0 radical (unpaired) electrons. The number of carbonyl (C=O) groups is 2. The fourth-order valence-corrected chi connectivity index (χ4v) is 2.25. The molecule has 2 aromatic carbocycles. The molecular weight excluding hydrogens is 278 g/mol. The highest BCUT2D eigenvalue weighted by Gasteiger charge is 2.19. The summed E-state index contributed by atoms with van der Waals surface area (Å²) in [5, 5.41) is 14.0. The highest BCUT2D eigenvalue weighted by Crippen LogP contribution is 2.16. The van der Waals surface area contributed by atoms with Gasteiger partial charge in [-0.05, 0) is 28.8 Å². The van der Waals surface area contributed by atoms with Crippen LogP contribution in [-0.4, -0.2) is 23.0 Å². The van der Waals surface area contributed by atoms with Gasteiger partial charge in [0.25, 0.3) is 0 Å². The Balaban J connectivity index is 2.13. The van der Waals surface area contributed by atoms with E-state index < -0.39 is 12.0 Å². The number of hydrogen-bond acceptors (Lipinski definition) is 2. The van der Waals surface area contributed by atoms with Crippen LogP contribution in [-0.2, 0) is 16.0 Å². The minimum absolute atomic E-state index is 0.256. The third-order valence-corrected chi connectivity index (χ3v) is 3.37. The maximum absolute atomic E-state index is 11.7. The van der Waals surface area contributed by atoms with Crippen LogP contribution < -0.4 is 5.32 Å². The third-order valence-electron chi connectivity index (χ3n) is 3.37. The monoisotopic (exact) mass is 297 g/mol. The molecule has 4 heteroatoms. The molecule has 1 unspecified atom stereocenters. The van der Waals surface area contributed by atoms with Crippen molar-refractivity contribution in [2.45, 2.75) is 25.8 Å². The normalized spacial score (nSPS) is 12.4. The van der Waals surface area contributed by atoms with E-state index in [-0.39, 0.29) is 12.3 Å². The van der Waals surface area contributed by atoms with Gasteiger partial charge in [-0.25, -0.2) is 4.79 Å². The molecule has 0 aromatic heterocycles. The molecule has 0 aliphatic carbocycles. The van der Waals surface area contributed by atoms with Gasteiger partial charge in [0.05, 0.1) is 0 Å². The molecule has 0 bridgehead atoms. The molecule has 4 nitrogen and oxygen atoms in total. The quantitative estimate of drug-likeness (QED) is 0.806. The first-order valence-corrected chi connectivity index (χ1v) is 7.27. The Hall–Kier alpha value is -2.62. The lowest BCUT2D eigenvalue weighted by atomic mass is 10.0. The number of carboxylic acid groups (broad SMARTS) is 1. The predicted molar refractivity (Wildman–Crippen MR) is 86.6 cm³/mol. The molecule has 1 amide bonds. The van der Waals surface area contributed by atoms with Crippen LogP contribution in [0.15, 0.2) is 54.6 Å². The van der Waals surface area contributed by atoms with Crippen LogP contribution in [0, 0.1) is 0 Å². The number of hydrogen-bond donors (Lipinski definition) is 2. The number of amides is 1. The zero-order valence-corrected chi connectivity index (χ0v) is 12.5. The second kappa shape index (κ2) is 7.41. The maximum atomic E-state index is 11.7. The van der Waals surface area contributed by atoms with Gasteiger partial charge in [-0.1, -0.05) is 55.5 Å². The Bertz CT molecular complexity index is 706. The molecule has 0 saturated heterocycles. The zero-order valence-electron chi connectivity index (χ0n) is 12.5. The van der Waals surface area contributed by atoms with Crippen LogP contribution in [0.25, 0.3) is 10.8 Å². The third kappa shape index (κ3) is 4.19. The van der Waals surface area contributed by atoms with E-state index in [2.05, 4.69) is 5.32 Å². The van der Waals surface area contributed by atoms with Crippen LogP contribution >= 0.6 is 0 Å². The van der Waals surface area contributed by atoms with Gasteiger partial charge >= 0.3 is 5.97 Å². The highest BCUT2D eigenvalue weighted by molar-refractivity contribution is 5.91. The Labute approximate surface area is 129 Å². The molecule has 0 aliphatic heterocycles. The number of nitrogens with one attached hydrogen (secondary N) is 1. The van der Waals surface area contributed by atoms with E-state index in [0.717, 1.165) is 22.8 Å². The lowest BCUT2D eigenvalue weighted by Gasteiger charge is -2.14. The van der Waals surface area contributed by atoms with E-state index in [1.54, 1.807) is 6.08 Å². The minimum Gasteiger partial charge on any atom is -0.480 e. The number of benzene rings is 2. The summed E-state index contributed by atoms with van der Waals surface area (Å²) in [5.74, 6) is -1.42. The fourth-order valence-electron chi connectivity index (χ4n) is 2.25. The van der Waals surface area contributed by atoms with Gasteiger partial charge in [0, 0.05) is 6.42 Å². The van der Waals surface area contributed by atoms with Gasteiger partial charge in [0.2, 0.25) is 5.91 Å². The average molecular weight is 297 g/mol. The van der Waals surface area contributed by atoms with Gasteiger partial charge < -0.3 is 10.4 Å². The number of fused-ring (bicyclic) bond motifs is 1. The van der Waals surface area contributed by atoms with Crippen molar-refractivity contribution in [3.05, 3.63) is 60.2 Å². The second-order valence-electron chi connectivity index (χ2n) is 5.10. The van der Waals surface area contributed by atoms with Gasteiger partial charge in [-0.2, -0.15) is 0 Å². The molecule has 0 spiro atoms. The van der Waals surface area contributed by atoms with E-state index in [1.807, 2.05) is 49.4 Å². The minimum atomic E-state index is -1.04. The maximum Gasteiger partial charge on any atom is 0.326 e. The summed E-state index contributed by atoms with van der Waals surface area (Å²) in [7, 11) is 0. The first kappa shape index (κ1) is 15.8. The standard InChI is InChI=1S/C18H19NO3/c1-2-3-8-17(20)19-16(18(21)22)12-13-9-10-14-6-4-5-7-15(14)11-13/h3-11,16H,2,12H2,1H3,(H,19,20)(H,21,22). The molecule has 22 heavy (non-hydrogen) atoms. The van der Waals surface area contributed by atoms with Crippen LogP contribution in [0.1, 0.15) is 18.9 Å². The topological polar surface area (TPSA) is 66.4 Å². The number of aliphatic carboxylic acids is 1. The summed E-state index contributed by atoms with van der Waals surface area (Å²) in [6.07, 6.45) is 4.06. The van der Waals surface area contributed by atoms with Crippen LogP contribution in [0.3, 0.4) is 0 Å². The lowest BCUT2D eigenvalue weighted by molar-refractivity contribution is -0.141. The Morgan fingerprint density at radius 2 is 1.91 bits per heavy atom. The van der Waals surface area contributed by atoms with E-state index in [9.17, 15) is 14.7 Å². The van der Waals surface area contributed by atoms with Gasteiger partial charge in [-0.15, -0.1) is 0 Å². The van der Waals surface area contributed by atoms with Crippen molar-refractivity contribution in [2.75, 3.05) is 0 Å². The number of carboxylic acids is 1. The number of rotatable bonds is 6. The van der Waals surface area contributed by atoms with Crippen molar-refractivity contribution in [1.29, 1.82) is 0 Å². The molecule has 0 fully saturated rings. The molecule has 0 aliphatic rings.